The van der Waals surface area contributed by atoms with E-state index in [9.17, 15) is 9.59 Å². The van der Waals surface area contributed by atoms with Crippen LogP contribution in [0, 0.1) is 11.8 Å². The summed E-state index contributed by atoms with van der Waals surface area (Å²) in [7, 11) is 0. The van der Waals surface area contributed by atoms with Crippen LogP contribution in [-0.2, 0) is 9.59 Å². The first-order chi connectivity index (χ1) is 10.4. The summed E-state index contributed by atoms with van der Waals surface area (Å²) < 4.78 is 10.5. The normalized spacial score (nSPS) is 10.8. The number of benzene rings is 1. The molecule has 0 amide bonds. The Balaban J connectivity index is 2.51. The molecule has 22 heavy (non-hydrogen) atoms. The lowest BCUT2D eigenvalue weighted by atomic mass is 10.1. The molecule has 0 unspecified atom stereocenters. The summed E-state index contributed by atoms with van der Waals surface area (Å²) in [6.45, 7) is 8.24. The Bertz CT molecular complexity index is 450. The van der Waals surface area contributed by atoms with Gasteiger partial charge in [-0.1, -0.05) is 33.8 Å². The molecule has 0 bridgehead atoms. The average molecular weight is 306 g/mol. The highest BCUT2D eigenvalue weighted by molar-refractivity contribution is 5.74. The molecule has 0 N–H and O–H groups in total. The highest BCUT2D eigenvalue weighted by atomic mass is 16.5. The van der Waals surface area contributed by atoms with E-state index in [1.54, 1.807) is 24.3 Å². The SMILES string of the molecule is CC(C)CCC(=O)Oc1cccc(OC(=O)CCC(C)C)c1. The van der Waals surface area contributed by atoms with Crippen molar-refractivity contribution in [3.63, 3.8) is 0 Å². The number of hydrogen-bond acceptors (Lipinski definition) is 4. The van der Waals surface area contributed by atoms with Crippen LogP contribution in [0.15, 0.2) is 24.3 Å². The fourth-order valence-corrected chi connectivity index (χ4v) is 1.78. The monoisotopic (exact) mass is 306 g/mol. The molecular weight excluding hydrogens is 280 g/mol. The molecule has 0 aliphatic carbocycles. The van der Waals surface area contributed by atoms with E-state index in [0.717, 1.165) is 12.8 Å². The first-order valence-electron chi connectivity index (χ1n) is 7.88. The minimum absolute atomic E-state index is 0.267. The zero-order valence-electron chi connectivity index (χ0n) is 13.9. The van der Waals surface area contributed by atoms with Crippen LogP contribution < -0.4 is 9.47 Å². The molecule has 0 radical (unpaired) electrons. The van der Waals surface area contributed by atoms with Gasteiger partial charge in [0.05, 0.1) is 0 Å². The third kappa shape index (κ3) is 7.81. The van der Waals surface area contributed by atoms with Gasteiger partial charge in [0.2, 0.25) is 0 Å². The molecule has 4 nitrogen and oxygen atoms in total. The molecule has 0 fully saturated rings. The lowest BCUT2D eigenvalue weighted by Gasteiger charge is -2.09. The van der Waals surface area contributed by atoms with E-state index >= 15 is 0 Å². The van der Waals surface area contributed by atoms with E-state index in [-0.39, 0.29) is 11.9 Å². The quantitative estimate of drug-likeness (QED) is 0.528. The largest absolute Gasteiger partial charge is 0.426 e. The fourth-order valence-electron chi connectivity index (χ4n) is 1.78. The minimum Gasteiger partial charge on any atom is -0.426 e. The minimum atomic E-state index is -0.267. The summed E-state index contributed by atoms with van der Waals surface area (Å²) in [5, 5.41) is 0. The summed E-state index contributed by atoms with van der Waals surface area (Å²) in [6.07, 6.45) is 2.36. The van der Waals surface area contributed by atoms with Crippen LogP contribution in [0.4, 0.5) is 0 Å². The summed E-state index contributed by atoms with van der Waals surface area (Å²) in [6, 6.07) is 6.63. The Morgan fingerprint density at radius 2 is 1.27 bits per heavy atom. The standard InChI is InChI=1S/C18H26O4/c1-13(2)8-10-17(19)21-15-6-5-7-16(12-15)22-18(20)11-9-14(3)4/h5-7,12-14H,8-11H2,1-4H3. The number of carbonyl (C=O) groups is 2. The van der Waals surface area contributed by atoms with Crippen molar-refractivity contribution in [2.24, 2.45) is 11.8 Å². The van der Waals surface area contributed by atoms with Crippen molar-refractivity contribution in [3.05, 3.63) is 24.3 Å². The molecule has 0 saturated heterocycles. The van der Waals surface area contributed by atoms with E-state index in [1.807, 2.05) is 0 Å². The predicted octanol–water partition coefficient (Wildman–Crippen LogP) is 4.37. The highest BCUT2D eigenvalue weighted by Gasteiger charge is 2.10. The lowest BCUT2D eigenvalue weighted by molar-refractivity contribution is -0.135. The van der Waals surface area contributed by atoms with Crippen molar-refractivity contribution in [3.8, 4) is 11.5 Å². The molecule has 0 aliphatic rings. The van der Waals surface area contributed by atoms with Crippen LogP contribution in [0.3, 0.4) is 0 Å². The van der Waals surface area contributed by atoms with Gasteiger partial charge in [-0.15, -0.1) is 0 Å². The maximum absolute atomic E-state index is 11.7. The van der Waals surface area contributed by atoms with Crippen LogP contribution in [0.25, 0.3) is 0 Å². The molecule has 0 atom stereocenters. The predicted molar refractivity (Wildman–Crippen MR) is 85.9 cm³/mol. The van der Waals surface area contributed by atoms with Gasteiger partial charge < -0.3 is 9.47 Å². The summed E-state index contributed by atoms with van der Waals surface area (Å²) >= 11 is 0. The third-order valence-corrected chi connectivity index (χ3v) is 3.12. The van der Waals surface area contributed by atoms with Gasteiger partial charge in [0, 0.05) is 18.9 Å². The van der Waals surface area contributed by atoms with Crippen molar-refractivity contribution in [1.29, 1.82) is 0 Å². The Morgan fingerprint density at radius 1 is 0.864 bits per heavy atom. The molecule has 0 heterocycles. The number of ether oxygens (including phenoxy) is 2. The van der Waals surface area contributed by atoms with Crippen molar-refractivity contribution in [2.45, 2.75) is 53.4 Å². The van der Waals surface area contributed by atoms with Crippen molar-refractivity contribution in [1.82, 2.24) is 0 Å². The maximum atomic E-state index is 11.7. The van der Waals surface area contributed by atoms with Gasteiger partial charge >= 0.3 is 11.9 Å². The molecular formula is C18H26O4. The smallest absolute Gasteiger partial charge is 0.311 e. The lowest BCUT2D eigenvalue weighted by Crippen LogP contribution is -2.10. The van der Waals surface area contributed by atoms with E-state index in [0.29, 0.717) is 36.2 Å². The molecule has 1 aromatic carbocycles. The van der Waals surface area contributed by atoms with Gasteiger partial charge in [-0.3, -0.25) is 9.59 Å². The topological polar surface area (TPSA) is 52.6 Å². The third-order valence-electron chi connectivity index (χ3n) is 3.12. The zero-order chi connectivity index (χ0) is 16.5. The van der Waals surface area contributed by atoms with Crippen molar-refractivity contribution >= 4 is 11.9 Å². The number of hydrogen-bond donors (Lipinski definition) is 0. The second-order valence-electron chi connectivity index (χ2n) is 6.29. The summed E-state index contributed by atoms with van der Waals surface area (Å²) in [5.74, 6) is 1.20. The Hall–Kier alpha value is -1.84. The Kier molecular flexibility index (Phi) is 7.64. The molecule has 0 aliphatic heterocycles. The second kappa shape index (κ2) is 9.23. The molecule has 1 aromatic rings. The number of esters is 2. The molecule has 0 aromatic heterocycles. The first-order valence-corrected chi connectivity index (χ1v) is 7.88. The van der Waals surface area contributed by atoms with Gasteiger partial charge in [0.15, 0.2) is 0 Å². The van der Waals surface area contributed by atoms with Gasteiger partial charge in [-0.05, 0) is 36.8 Å². The highest BCUT2D eigenvalue weighted by Crippen LogP contribution is 2.21. The van der Waals surface area contributed by atoms with Gasteiger partial charge in [0.1, 0.15) is 11.5 Å². The molecule has 4 heteroatoms. The first kappa shape index (κ1) is 18.2. The zero-order valence-corrected chi connectivity index (χ0v) is 13.9. The van der Waals surface area contributed by atoms with Crippen LogP contribution in [-0.4, -0.2) is 11.9 Å². The number of rotatable bonds is 8. The van der Waals surface area contributed by atoms with Crippen LogP contribution in [0.1, 0.15) is 53.4 Å². The average Bonchev–Trinajstić information content (AvgIpc) is 2.43. The van der Waals surface area contributed by atoms with Gasteiger partial charge in [-0.25, -0.2) is 0 Å². The van der Waals surface area contributed by atoms with Crippen LogP contribution in [0.5, 0.6) is 11.5 Å². The van der Waals surface area contributed by atoms with Crippen molar-refractivity contribution < 1.29 is 19.1 Å². The van der Waals surface area contributed by atoms with Crippen LogP contribution >= 0.6 is 0 Å². The van der Waals surface area contributed by atoms with Gasteiger partial charge in [-0.2, -0.15) is 0 Å². The van der Waals surface area contributed by atoms with Gasteiger partial charge in [0.25, 0.3) is 0 Å². The Morgan fingerprint density at radius 3 is 1.64 bits per heavy atom. The molecule has 1 rings (SSSR count). The molecule has 0 saturated carbocycles. The maximum Gasteiger partial charge on any atom is 0.311 e. The Labute approximate surface area is 132 Å². The summed E-state index contributed by atoms with van der Waals surface area (Å²) in [5.41, 5.74) is 0. The summed E-state index contributed by atoms with van der Waals surface area (Å²) in [4.78, 5) is 23.4. The van der Waals surface area contributed by atoms with E-state index < -0.39 is 0 Å². The molecule has 0 spiro atoms. The van der Waals surface area contributed by atoms with Crippen molar-refractivity contribution in [2.75, 3.05) is 0 Å². The second-order valence-corrected chi connectivity index (χ2v) is 6.29. The fraction of sp³-hybridized carbons (Fsp3) is 0.556. The van der Waals surface area contributed by atoms with Crippen LogP contribution in [0.2, 0.25) is 0 Å². The molecule has 122 valence electrons. The number of carbonyl (C=O) groups excluding carboxylic acids is 2. The van der Waals surface area contributed by atoms with E-state index in [1.165, 1.54) is 0 Å². The van der Waals surface area contributed by atoms with E-state index in [2.05, 4.69) is 27.7 Å². The van der Waals surface area contributed by atoms with E-state index in [4.69, 9.17) is 9.47 Å².